The summed E-state index contributed by atoms with van der Waals surface area (Å²) in [6.45, 7) is 2.32. The van der Waals surface area contributed by atoms with Crippen LogP contribution in [-0.2, 0) is 0 Å². The quantitative estimate of drug-likeness (QED) is 0.443. The van der Waals surface area contributed by atoms with Gasteiger partial charge in [0.25, 0.3) is 0 Å². The Kier molecular flexibility index (Phi) is 6.40. The minimum Gasteiger partial charge on any atom is -0.0651 e. The van der Waals surface area contributed by atoms with Crippen molar-refractivity contribution in [2.75, 3.05) is 0 Å². The fraction of sp³-hybridized carbons (Fsp3) is 1.00. The van der Waals surface area contributed by atoms with Crippen molar-refractivity contribution >= 4 is 0 Å². The van der Waals surface area contributed by atoms with Crippen molar-refractivity contribution in [1.29, 1.82) is 0 Å². The maximum Gasteiger partial charge on any atom is 1.00 e. The van der Waals surface area contributed by atoms with E-state index in [1.54, 1.807) is 0 Å². The van der Waals surface area contributed by atoms with Crippen LogP contribution in [0, 0.1) is 5.92 Å². The van der Waals surface area contributed by atoms with Crippen molar-refractivity contribution in [3.8, 4) is 0 Å². The zero-order chi connectivity index (χ0) is 5.82. The second-order valence-corrected chi connectivity index (χ2v) is 2.91. The summed E-state index contributed by atoms with van der Waals surface area (Å²) in [5.74, 6) is 1.09. The van der Waals surface area contributed by atoms with E-state index in [0.717, 1.165) is 5.92 Å². The van der Waals surface area contributed by atoms with Gasteiger partial charge in [0.1, 0.15) is 0 Å². The SMILES string of the molecule is CCC1CCCCC1.[Na+]. The summed E-state index contributed by atoms with van der Waals surface area (Å²) < 4.78 is 0. The van der Waals surface area contributed by atoms with E-state index in [-0.39, 0.29) is 29.6 Å². The summed E-state index contributed by atoms with van der Waals surface area (Å²) in [6.07, 6.45) is 8.93. The van der Waals surface area contributed by atoms with Crippen molar-refractivity contribution in [2.24, 2.45) is 5.92 Å². The van der Waals surface area contributed by atoms with E-state index in [1.165, 1.54) is 38.5 Å². The third-order valence-electron chi connectivity index (χ3n) is 2.30. The molecule has 1 saturated carbocycles. The molecule has 0 saturated heterocycles. The maximum absolute atomic E-state index is 2.32. The monoisotopic (exact) mass is 135 g/mol. The Morgan fingerprint density at radius 3 is 2.00 bits per heavy atom. The van der Waals surface area contributed by atoms with Gasteiger partial charge in [-0.1, -0.05) is 45.4 Å². The van der Waals surface area contributed by atoms with Crippen LogP contribution in [0.15, 0.2) is 0 Å². The minimum absolute atomic E-state index is 0. The number of hydrogen-bond donors (Lipinski definition) is 0. The first-order chi connectivity index (χ1) is 3.93. The molecule has 0 aromatic rings. The van der Waals surface area contributed by atoms with E-state index in [0.29, 0.717) is 0 Å². The largest absolute Gasteiger partial charge is 1.00 e. The van der Waals surface area contributed by atoms with Crippen LogP contribution in [0.2, 0.25) is 0 Å². The Hall–Kier alpha value is 1.00. The van der Waals surface area contributed by atoms with E-state index >= 15 is 0 Å². The van der Waals surface area contributed by atoms with E-state index in [4.69, 9.17) is 0 Å². The Morgan fingerprint density at radius 1 is 1.11 bits per heavy atom. The summed E-state index contributed by atoms with van der Waals surface area (Å²) in [6, 6.07) is 0. The molecular formula is C8H16Na+. The molecular weight excluding hydrogens is 119 g/mol. The van der Waals surface area contributed by atoms with Crippen LogP contribution in [0.25, 0.3) is 0 Å². The molecule has 0 amide bonds. The number of rotatable bonds is 1. The van der Waals surface area contributed by atoms with E-state index in [1.807, 2.05) is 0 Å². The van der Waals surface area contributed by atoms with Gasteiger partial charge in [-0.05, 0) is 5.92 Å². The minimum atomic E-state index is 0. The van der Waals surface area contributed by atoms with Crippen LogP contribution >= 0.6 is 0 Å². The van der Waals surface area contributed by atoms with Crippen molar-refractivity contribution in [3.05, 3.63) is 0 Å². The summed E-state index contributed by atoms with van der Waals surface area (Å²) in [5, 5.41) is 0. The molecule has 0 radical (unpaired) electrons. The van der Waals surface area contributed by atoms with Crippen molar-refractivity contribution < 1.29 is 29.6 Å². The molecule has 0 unspecified atom stereocenters. The average Bonchev–Trinajstić information content (AvgIpc) is 1.90. The maximum atomic E-state index is 2.32. The zero-order valence-electron chi connectivity index (χ0n) is 6.82. The fourth-order valence-corrected chi connectivity index (χ4v) is 1.60. The van der Waals surface area contributed by atoms with Gasteiger partial charge in [-0.25, -0.2) is 0 Å². The molecule has 9 heavy (non-hydrogen) atoms. The molecule has 0 aliphatic heterocycles. The van der Waals surface area contributed by atoms with Gasteiger partial charge in [0.2, 0.25) is 0 Å². The summed E-state index contributed by atoms with van der Waals surface area (Å²) in [7, 11) is 0. The molecule has 0 nitrogen and oxygen atoms in total. The topological polar surface area (TPSA) is 0 Å². The van der Waals surface area contributed by atoms with Crippen LogP contribution in [0.1, 0.15) is 45.4 Å². The molecule has 1 aliphatic carbocycles. The predicted molar refractivity (Wildman–Crippen MR) is 36.9 cm³/mol. The zero-order valence-corrected chi connectivity index (χ0v) is 8.82. The third kappa shape index (κ3) is 3.64. The van der Waals surface area contributed by atoms with Crippen molar-refractivity contribution in [1.82, 2.24) is 0 Å². The number of hydrogen-bond acceptors (Lipinski definition) is 0. The Morgan fingerprint density at radius 2 is 1.67 bits per heavy atom. The van der Waals surface area contributed by atoms with Gasteiger partial charge in [-0.15, -0.1) is 0 Å². The van der Waals surface area contributed by atoms with Gasteiger partial charge in [-0.2, -0.15) is 0 Å². The first-order valence-corrected chi connectivity index (χ1v) is 3.93. The van der Waals surface area contributed by atoms with Crippen LogP contribution in [-0.4, -0.2) is 0 Å². The van der Waals surface area contributed by atoms with Crippen molar-refractivity contribution in [3.63, 3.8) is 0 Å². The molecule has 1 fully saturated rings. The Labute approximate surface area is 80.7 Å². The van der Waals surface area contributed by atoms with Crippen LogP contribution < -0.4 is 29.6 Å². The molecule has 0 N–H and O–H groups in total. The average molecular weight is 135 g/mol. The van der Waals surface area contributed by atoms with E-state index in [9.17, 15) is 0 Å². The van der Waals surface area contributed by atoms with Gasteiger partial charge in [0.05, 0.1) is 0 Å². The van der Waals surface area contributed by atoms with E-state index < -0.39 is 0 Å². The molecule has 1 rings (SSSR count). The molecule has 0 atom stereocenters. The standard InChI is InChI=1S/C8H16.Na/c1-2-8-6-4-3-5-7-8;/h8H,2-7H2,1H3;/q;+1. The molecule has 1 heteroatoms. The summed E-state index contributed by atoms with van der Waals surface area (Å²) in [5.41, 5.74) is 0. The second kappa shape index (κ2) is 5.76. The molecule has 0 aromatic heterocycles. The summed E-state index contributed by atoms with van der Waals surface area (Å²) in [4.78, 5) is 0. The van der Waals surface area contributed by atoms with Crippen LogP contribution in [0.4, 0.5) is 0 Å². The van der Waals surface area contributed by atoms with E-state index in [2.05, 4.69) is 6.92 Å². The van der Waals surface area contributed by atoms with Gasteiger partial charge >= 0.3 is 29.6 Å². The van der Waals surface area contributed by atoms with Gasteiger partial charge in [-0.3, -0.25) is 0 Å². The predicted octanol–water partition coefficient (Wildman–Crippen LogP) is -0.0193. The van der Waals surface area contributed by atoms with Crippen molar-refractivity contribution in [2.45, 2.75) is 45.4 Å². The second-order valence-electron chi connectivity index (χ2n) is 2.91. The summed E-state index contributed by atoms with van der Waals surface area (Å²) >= 11 is 0. The van der Waals surface area contributed by atoms with Gasteiger partial charge in [0, 0.05) is 0 Å². The molecule has 0 spiro atoms. The van der Waals surface area contributed by atoms with Gasteiger partial charge in [0.15, 0.2) is 0 Å². The smallest absolute Gasteiger partial charge is 0.0651 e. The fourth-order valence-electron chi connectivity index (χ4n) is 1.60. The molecule has 1 aliphatic rings. The Balaban J connectivity index is 0.000000640. The molecule has 0 heterocycles. The normalized spacial score (nSPS) is 21.0. The third-order valence-corrected chi connectivity index (χ3v) is 2.30. The first-order valence-electron chi connectivity index (χ1n) is 3.93. The van der Waals surface area contributed by atoms with Gasteiger partial charge < -0.3 is 0 Å². The Bertz CT molecular complexity index is 55.6. The van der Waals surface area contributed by atoms with Crippen LogP contribution in [0.3, 0.4) is 0 Å². The molecule has 48 valence electrons. The first kappa shape index (κ1) is 10.0. The molecule has 0 aromatic carbocycles. The molecule has 0 bridgehead atoms. The van der Waals surface area contributed by atoms with Crippen LogP contribution in [0.5, 0.6) is 0 Å².